The average Bonchev–Trinajstić information content (AvgIpc) is 3.17. The molecule has 0 saturated carbocycles. The van der Waals surface area contributed by atoms with Crippen molar-refractivity contribution in [3.8, 4) is 0 Å². The van der Waals surface area contributed by atoms with Crippen LogP contribution in [0, 0.1) is 0 Å². The van der Waals surface area contributed by atoms with Crippen LogP contribution in [0.3, 0.4) is 0 Å². The highest BCUT2D eigenvalue weighted by molar-refractivity contribution is 5.79. The molecule has 25 heavy (non-hydrogen) atoms. The van der Waals surface area contributed by atoms with Crippen molar-refractivity contribution in [1.82, 2.24) is 10.6 Å². The summed E-state index contributed by atoms with van der Waals surface area (Å²) in [5.41, 5.74) is 2.82. The Balaban J connectivity index is 1.35. The summed E-state index contributed by atoms with van der Waals surface area (Å²) in [6.45, 7) is 2.20. The molecule has 0 fully saturated rings. The third-order valence-corrected chi connectivity index (χ3v) is 4.48. The Labute approximate surface area is 149 Å². The first-order chi connectivity index (χ1) is 12.4. The topological polar surface area (TPSA) is 58.8 Å². The lowest BCUT2D eigenvalue weighted by molar-refractivity contribution is 0.0398. The molecular formula is C20H27N3O2. The van der Waals surface area contributed by atoms with E-state index in [2.05, 4.69) is 39.9 Å². The maximum atomic E-state index is 6.13. The van der Waals surface area contributed by atoms with Crippen LogP contribution in [0.1, 0.15) is 42.3 Å². The highest BCUT2D eigenvalue weighted by atomic mass is 16.5. The zero-order valence-electron chi connectivity index (χ0n) is 14.8. The molecule has 0 amide bonds. The van der Waals surface area contributed by atoms with Gasteiger partial charge in [-0.3, -0.25) is 4.99 Å². The lowest BCUT2D eigenvalue weighted by Gasteiger charge is -2.25. The fourth-order valence-corrected chi connectivity index (χ4v) is 3.19. The largest absolute Gasteiger partial charge is 0.467 e. The standard InChI is InChI=1S/C20H27N3O2/c1-21-20(23-15-17-9-5-13-24-17)22-12-6-14-25-19-11-4-8-16-7-2-3-10-18(16)19/h2-3,5,7,9-10,13,19H,4,6,8,11-12,14-15H2,1H3,(H2,21,22,23). The Morgan fingerprint density at radius 1 is 1.24 bits per heavy atom. The number of hydrogen-bond donors (Lipinski definition) is 2. The fraction of sp³-hybridized carbons (Fsp3) is 0.450. The van der Waals surface area contributed by atoms with Crippen LogP contribution in [0.4, 0.5) is 0 Å². The van der Waals surface area contributed by atoms with Gasteiger partial charge in [-0.2, -0.15) is 0 Å². The van der Waals surface area contributed by atoms with Gasteiger partial charge >= 0.3 is 0 Å². The molecule has 1 aliphatic rings. The number of guanidine groups is 1. The van der Waals surface area contributed by atoms with Gasteiger partial charge in [-0.1, -0.05) is 24.3 Å². The van der Waals surface area contributed by atoms with Crippen molar-refractivity contribution in [3.63, 3.8) is 0 Å². The number of fused-ring (bicyclic) bond motifs is 1. The van der Waals surface area contributed by atoms with E-state index in [9.17, 15) is 0 Å². The van der Waals surface area contributed by atoms with E-state index in [-0.39, 0.29) is 6.10 Å². The van der Waals surface area contributed by atoms with Gasteiger partial charge in [-0.25, -0.2) is 0 Å². The second-order valence-electron chi connectivity index (χ2n) is 6.24. The molecule has 3 rings (SSSR count). The van der Waals surface area contributed by atoms with E-state index in [4.69, 9.17) is 9.15 Å². The molecule has 5 nitrogen and oxygen atoms in total. The second-order valence-corrected chi connectivity index (χ2v) is 6.24. The lowest BCUT2D eigenvalue weighted by atomic mass is 9.89. The molecule has 1 aromatic carbocycles. The number of ether oxygens (including phenoxy) is 1. The number of hydrogen-bond acceptors (Lipinski definition) is 3. The van der Waals surface area contributed by atoms with Gasteiger partial charge in [0, 0.05) is 20.2 Å². The second kappa shape index (κ2) is 9.28. The smallest absolute Gasteiger partial charge is 0.191 e. The van der Waals surface area contributed by atoms with Gasteiger partial charge < -0.3 is 19.8 Å². The molecule has 0 spiro atoms. The Hall–Kier alpha value is -2.27. The zero-order valence-corrected chi connectivity index (χ0v) is 14.8. The fourth-order valence-electron chi connectivity index (χ4n) is 3.19. The first-order valence-corrected chi connectivity index (χ1v) is 9.03. The first kappa shape index (κ1) is 17.5. The van der Waals surface area contributed by atoms with Crippen molar-refractivity contribution in [2.45, 2.75) is 38.3 Å². The van der Waals surface area contributed by atoms with Gasteiger partial charge in [0.1, 0.15) is 5.76 Å². The molecule has 0 aliphatic heterocycles. The molecule has 2 N–H and O–H groups in total. The normalized spacial score (nSPS) is 17.2. The van der Waals surface area contributed by atoms with E-state index in [1.807, 2.05) is 12.1 Å². The number of furan rings is 1. The summed E-state index contributed by atoms with van der Waals surface area (Å²) in [7, 11) is 1.77. The minimum absolute atomic E-state index is 0.251. The highest BCUT2D eigenvalue weighted by Crippen LogP contribution is 2.32. The summed E-state index contributed by atoms with van der Waals surface area (Å²) in [6.07, 6.45) is 6.38. The first-order valence-electron chi connectivity index (χ1n) is 9.03. The van der Waals surface area contributed by atoms with Crippen LogP contribution in [0.2, 0.25) is 0 Å². The molecule has 5 heteroatoms. The summed E-state index contributed by atoms with van der Waals surface area (Å²) >= 11 is 0. The molecule has 2 aromatic rings. The van der Waals surface area contributed by atoms with Crippen LogP contribution in [0.25, 0.3) is 0 Å². The zero-order chi connectivity index (χ0) is 17.3. The minimum atomic E-state index is 0.251. The quantitative estimate of drug-likeness (QED) is 0.460. The van der Waals surface area contributed by atoms with Crippen molar-refractivity contribution in [2.75, 3.05) is 20.2 Å². The Bertz CT molecular complexity index is 667. The van der Waals surface area contributed by atoms with E-state index in [0.717, 1.165) is 37.7 Å². The lowest BCUT2D eigenvalue weighted by Crippen LogP contribution is -2.37. The summed E-state index contributed by atoms with van der Waals surface area (Å²) in [5.74, 6) is 1.67. The monoisotopic (exact) mass is 341 g/mol. The molecule has 0 radical (unpaired) electrons. The average molecular weight is 341 g/mol. The van der Waals surface area contributed by atoms with E-state index in [0.29, 0.717) is 6.54 Å². The van der Waals surface area contributed by atoms with Gasteiger partial charge in [0.15, 0.2) is 5.96 Å². The van der Waals surface area contributed by atoms with E-state index in [1.165, 1.54) is 24.0 Å². The van der Waals surface area contributed by atoms with Crippen molar-refractivity contribution in [1.29, 1.82) is 0 Å². The van der Waals surface area contributed by atoms with Crippen molar-refractivity contribution in [3.05, 3.63) is 59.5 Å². The summed E-state index contributed by atoms with van der Waals surface area (Å²) < 4.78 is 11.4. The van der Waals surface area contributed by atoms with Crippen molar-refractivity contribution < 1.29 is 9.15 Å². The van der Waals surface area contributed by atoms with Crippen molar-refractivity contribution >= 4 is 5.96 Å². The van der Waals surface area contributed by atoms with Crippen LogP contribution < -0.4 is 10.6 Å². The number of nitrogens with zero attached hydrogens (tertiary/aromatic N) is 1. The van der Waals surface area contributed by atoms with E-state index < -0.39 is 0 Å². The Kier molecular flexibility index (Phi) is 6.51. The Morgan fingerprint density at radius 3 is 3.00 bits per heavy atom. The maximum absolute atomic E-state index is 6.13. The molecule has 134 valence electrons. The molecule has 1 atom stereocenters. The highest BCUT2D eigenvalue weighted by Gasteiger charge is 2.19. The number of aryl methyl sites for hydroxylation is 1. The van der Waals surface area contributed by atoms with E-state index in [1.54, 1.807) is 13.3 Å². The third kappa shape index (κ3) is 5.10. The minimum Gasteiger partial charge on any atom is -0.467 e. The van der Waals surface area contributed by atoms with Crippen LogP contribution in [-0.4, -0.2) is 26.2 Å². The predicted molar refractivity (Wildman–Crippen MR) is 99.6 cm³/mol. The number of benzene rings is 1. The number of aliphatic imine (C=N–C) groups is 1. The molecule has 1 aliphatic carbocycles. The number of nitrogens with one attached hydrogen (secondary N) is 2. The molecular weight excluding hydrogens is 314 g/mol. The summed E-state index contributed by atoms with van der Waals surface area (Å²) in [5, 5.41) is 6.54. The van der Waals surface area contributed by atoms with Crippen LogP contribution in [0.15, 0.2) is 52.1 Å². The van der Waals surface area contributed by atoms with Gasteiger partial charge in [0.05, 0.1) is 18.9 Å². The van der Waals surface area contributed by atoms with E-state index >= 15 is 0 Å². The summed E-state index contributed by atoms with van der Waals surface area (Å²) in [4.78, 5) is 4.22. The van der Waals surface area contributed by atoms with Crippen LogP contribution in [0.5, 0.6) is 0 Å². The van der Waals surface area contributed by atoms with Gasteiger partial charge in [-0.05, 0) is 48.9 Å². The molecule has 0 saturated heterocycles. The van der Waals surface area contributed by atoms with Crippen molar-refractivity contribution in [2.24, 2.45) is 4.99 Å². The number of rotatable bonds is 7. The predicted octanol–water partition coefficient (Wildman–Crippen LogP) is 3.43. The Morgan fingerprint density at radius 2 is 2.16 bits per heavy atom. The van der Waals surface area contributed by atoms with Crippen LogP contribution >= 0.6 is 0 Å². The van der Waals surface area contributed by atoms with Gasteiger partial charge in [0.25, 0.3) is 0 Å². The van der Waals surface area contributed by atoms with Gasteiger partial charge in [-0.15, -0.1) is 0 Å². The maximum Gasteiger partial charge on any atom is 0.191 e. The third-order valence-electron chi connectivity index (χ3n) is 4.48. The van der Waals surface area contributed by atoms with Gasteiger partial charge in [0.2, 0.25) is 0 Å². The summed E-state index contributed by atoms with van der Waals surface area (Å²) in [6, 6.07) is 12.5. The molecule has 0 bridgehead atoms. The van der Waals surface area contributed by atoms with Crippen LogP contribution in [-0.2, 0) is 17.7 Å². The molecule has 1 aromatic heterocycles. The molecule has 1 heterocycles. The molecule has 1 unspecified atom stereocenters. The SMILES string of the molecule is CN=C(NCCCOC1CCCc2ccccc21)NCc1ccco1.